The van der Waals surface area contributed by atoms with Gasteiger partial charge in [-0.2, -0.15) is 9.78 Å². The maximum atomic E-state index is 12.0. The number of aromatic nitrogens is 2. The summed E-state index contributed by atoms with van der Waals surface area (Å²) in [5.74, 6) is 0.312. The minimum absolute atomic E-state index is 0.151. The second kappa shape index (κ2) is 5.94. The molecule has 0 aliphatic heterocycles. The summed E-state index contributed by atoms with van der Waals surface area (Å²) >= 11 is 5.95. The van der Waals surface area contributed by atoms with Gasteiger partial charge < -0.3 is 15.2 Å². The molecule has 0 bridgehead atoms. The van der Waals surface area contributed by atoms with Crippen LogP contribution < -0.4 is 15.6 Å². The number of benzene rings is 1. The van der Waals surface area contributed by atoms with Crippen molar-refractivity contribution >= 4 is 11.6 Å². The highest BCUT2D eigenvalue weighted by Crippen LogP contribution is 2.25. The number of halogens is 1. The fourth-order valence-electron chi connectivity index (χ4n) is 1.78. The lowest BCUT2D eigenvalue weighted by atomic mass is 10.3. The smallest absolute Gasteiger partial charge is 0.275 e. The van der Waals surface area contributed by atoms with Crippen LogP contribution in [-0.4, -0.2) is 29.0 Å². The molecule has 0 spiro atoms. The summed E-state index contributed by atoms with van der Waals surface area (Å²) in [5.41, 5.74) is 0.305. The minimum Gasteiger partial charge on any atom is -0.506 e. The highest BCUT2D eigenvalue weighted by molar-refractivity contribution is 6.30. The van der Waals surface area contributed by atoms with Crippen LogP contribution in [0.25, 0.3) is 5.69 Å². The van der Waals surface area contributed by atoms with E-state index in [9.17, 15) is 9.90 Å². The predicted octanol–water partition coefficient (Wildman–Crippen LogP) is 1.32. The van der Waals surface area contributed by atoms with E-state index in [0.29, 0.717) is 28.7 Å². The van der Waals surface area contributed by atoms with Gasteiger partial charge in [0.05, 0.1) is 7.11 Å². The van der Waals surface area contributed by atoms with Gasteiger partial charge in [-0.15, -0.1) is 0 Å². The van der Waals surface area contributed by atoms with E-state index in [-0.39, 0.29) is 5.75 Å². The van der Waals surface area contributed by atoms with Crippen molar-refractivity contribution in [2.75, 3.05) is 14.2 Å². The Labute approximate surface area is 120 Å². The fourth-order valence-corrected chi connectivity index (χ4v) is 1.94. The number of nitrogens with zero attached hydrogens (tertiary/aromatic N) is 2. The van der Waals surface area contributed by atoms with Crippen molar-refractivity contribution in [2.24, 2.45) is 0 Å². The third-order valence-electron chi connectivity index (χ3n) is 2.70. The van der Waals surface area contributed by atoms with Gasteiger partial charge in [0.2, 0.25) is 0 Å². The van der Waals surface area contributed by atoms with Crippen LogP contribution in [0.5, 0.6) is 11.5 Å². The molecule has 2 rings (SSSR count). The van der Waals surface area contributed by atoms with E-state index in [1.165, 1.54) is 7.11 Å². The van der Waals surface area contributed by atoms with Crippen molar-refractivity contribution in [2.45, 2.75) is 6.54 Å². The highest BCUT2D eigenvalue weighted by atomic mass is 35.5. The average Bonchev–Trinajstić information content (AvgIpc) is 2.42. The van der Waals surface area contributed by atoms with Gasteiger partial charge in [-0.25, -0.2) is 0 Å². The summed E-state index contributed by atoms with van der Waals surface area (Å²) in [4.78, 5) is 12.0. The number of rotatable bonds is 4. The number of ether oxygens (including phenoxy) is 1. The molecule has 2 aromatic rings. The molecule has 0 saturated carbocycles. The molecule has 1 aromatic heterocycles. The fraction of sp³-hybridized carbons (Fsp3) is 0.231. The van der Waals surface area contributed by atoms with Gasteiger partial charge in [0.25, 0.3) is 5.56 Å². The van der Waals surface area contributed by atoms with Gasteiger partial charge >= 0.3 is 0 Å². The molecule has 20 heavy (non-hydrogen) atoms. The van der Waals surface area contributed by atoms with E-state index in [2.05, 4.69) is 10.4 Å². The van der Waals surface area contributed by atoms with E-state index in [4.69, 9.17) is 16.3 Å². The summed E-state index contributed by atoms with van der Waals surface area (Å²) in [6.07, 6.45) is 0. The van der Waals surface area contributed by atoms with Crippen molar-refractivity contribution in [1.82, 2.24) is 15.1 Å². The summed E-state index contributed by atoms with van der Waals surface area (Å²) < 4.78 is 6.35. The lowest BCUT2D eigenvalue weighted by Crippen LogP contribution is -2.23. The number of nitrogens with one attached hydrogen (secondary N) is 1. The molecule has 7 heteroatoms. The van der Waals surface area contributed by atoms with Gasteiger partial charge in [-0.3, -0.25) is 4.79 Å². The summed E-state index contributed by atoms with van der Waals surface area (Å²) in [6.45, 7) is 0.328. The standard InChI is InChI=1S/C13H14ClN3O3/c1-15-7-9-11(18)6-13(19)17(16-9)10-5-8(14)3-4-12(10)20-2/h3-6,15,18H,7H2,1-2H3. The molecule has 6 nitrogen and oxygen atoms in total. The first kappa shape index (κ1) is 14.4. The van der Waals surface area contributed by atoms with Crippen LogP contribution >= 0.6 is 11.6 Å². The van der Waals surface area contributed by atoms with Gasteiger partial charge in [0.15, 0.2) is 0 Å². The van der Waals surface area contributed by atoms with Crippen molar-refractivity contribution in [3.8, 4) is 17.2 Å². The Balaban J connectivity index is 2.66. The quantitative estimate of drug-likeness (QED) is 0.889. The maximum Gasteiger partial charge on any atom is 0.275 e. The van der Waals surface area contributed by atoms with E-state index in [1.54, 1.807) is 25.2 Å². The van der Waals surface area contributed by atoms with Crippen LogP contribution in [0.15, 0.2) is 29.1 Å². The largest absolute Gasteiger partial charge is 0.506 e. The molecule has 1 heterocycles. The Hall–Kier alpha value is -2.05. The van der Waals surface area contributed by atoms with E-state index in [1.807, 2.05) is 0 Å². The van der Waals surface area contributed by atoms with Gasteiger partial charge in [-0.1, -0.05) is 11.6 Å². The molecule has 106 valence electrons. The van der Waals surface area contributed by atoms with E-state index in [0.717, 1.165) is 10.7 Å². The van der Waals surface area contributed by atoms with Crippen LogP contribution in [0, 0.1) is 0 Å². The summed E-state index contributed by atoms with van der Waals surface area (Å²) in [5, 5.41) is 17.2. The molecule has 0 atom stereocenters. The van der Waals surface area contributed by atoms with E-state index >= 15 is 0 Å². The van der Waals surface area contributed by atoms with Crippen LogP contribution in [0.4, 0.5) is 0 Å². The van der Waals surface area contributed by atoms with Crippen LogP contribution in [0.2, 0.25) is 5.02 Å². The molecule has 2 N–H and O–H groups in total. The Kier molecular flexibility index (Phi) is 4.26. The molecular formula is C13H14ClN3O3. The van der Waals surface area contributed by atoms with Crippen LogP contribution in [0.3, 0.4) is 0 Å². The van der Waals surface area contributed by atoms with Crippen molar-refractivity contribution in [3.63, 3.8) is 0 Å². The lowest BCUT2D eigenvalue weighted by molar-refractivity contribution is 0.409. The highest BCUT2D eigenvalue weighted by Gasteiger charge is 2.13. The molecule has 0 aliphatic carbocycles. The molecule has 0 radical (unpaired) electrons. The SMILES string of the molecule is CNCc1nn(-c2cc(Cl)ccc2OC)c(=O)cc1O. The van der Waals surface area contributed by atoms with Crippen molar-refractivity contribution in [1.29, 1.82) is 0 Å². The third-order valence-corrected chi connectivity index (χ3v) is 2.93. The number of aromatic hydroxyl groups is 1. The van der Waals surface area contributed by atoms with Crippen LogP contribution in [0.1, 0.15) is 5.69 Å². The second-order valence-corrected chi connectivity index (χ2v) is 4.51. The van der Waals surface area contributed by atoms with Crippen molar-refractivity contribution in [3.05, 3.63) is 45.3 Å². The Morgan fingerprint density at radius 3 is 2.85 bits per heavy atom. The topological polar surface area (TPSA) is 76.4 Å². The average molecular weight is 296 g/mol. The molecule has 1 aromatic carbocycles. The van der Waals surface area contributed by atoms with Gasteiger partial charge in [-0.05, 0) is 25.2 Å². The van der Waals surface area contributed by atoms with Crippen LogP contribution in [-0.2, 0) is 6.54 Å². The first-order valence-electron chi connectivity index (χ1n) is 5.87. The Morgan fingerprint density at radius 2 is 2.20 bits per heavy atom. The molecular weight excluding hydrogens is 282 g/mol. The molecule has 0 saturated heterocycles. The normalized spacial score (nSPS) is 10.6. The molecule has 0 fully saturated rings. The molecule has 0 amide bonds. The Bertz CT molecular complexity index is 685. The first-order valence-corrected chi connectivity index (χ1v) is 6.25. The number of hydrogen-bond donors (Lipinski definition) is 2. The monoisotopic (exact) mass is 295 g/mol. The predicted molar refractivity (Wildman–Crippen MR) is 75.8 cm³/mol. The second-order valence-electron chi connectivity index (χ2n) is 4.07. The lowest BCUT2D eigenvalue weighted by Gasteiger charge is -2.12. The molecule has 0 unspecified atom stereocenters. The molecule has 0 aliphatic rings. The van der Waals surface area contributed by atoms with Crippen molar-refractivity contribution < 1.29 is 9.84 Å². The van der Waals surface area contributed by atoms with Gasteiger partial charge in [0, 0.05) is 17.6 Å². The summed E-state index contributed by atoms with van der Waals surface area (Å²) in [6, 6.07) is 6.00. The maximum absolute atomic E-state index is 12.0. The minimum atomic E-state index is -0.470. The number of hydrogen-bond acceptors (Lipinski definition) is 5. The third kappa shape index (κ3) is 2.76. The zero-order valence-corrected chi connectivity index (χ0v) is 11.8. The van der Waals surface area contributed by atoms with E-state index < -0.39 is 5.56 Å². The van der Waals surface area contributed by atoms with Gasteiger partial charge in [0.1, 0.15) is 22.9 Å². The summed E-state index contributed by atoms with van der Waals surface area (Å²) in [7, 11) is 3.21. The number of methoxy groups -OCH3 is 1. The first-order chi connectivity index (χ1) is 9.56. The zero-order chi connectivity index (χ0) is 14.7. The Morgan fingerprint density at radius 1 is 1.45 bits per heavy atom. The zero-order valence-electron chi connectivity index (χ0n) is 11.1.